The van der Waals surface area contributed by atoms with E-state index in [0.29, 0.717) is 45.6 Å². The fourth-order valence-corrected chi connectivity index (χ4v) is 4.99. The molecular weight excluding hydrogens is 509 g/mol. The summed E-state index contributed by atoms with van der Waals surface area (Å²) in [6, 6.07) is 7.83. The molecule has 0 bridgehead atoms. The van der Waals surface area contributed by atoms with E-state index in [1.165, 1.54) is 29.2 Å². The maximum Gasteiger partial charge on any atom is 0.187 e. The van der Waals surface area contributed by atoms with Crippen LogP contribution in [0.1, 0.15) is 35.9 Å². The lowest BCUT2D eigenvalue weighted by Gasteiger charge is -2.13. The number of thiazole rings is 1. The number of hydrogen-bond donors (Lipinski definition) is 3. The van der Waals surface area contributed by atoms with Crippen molar-refractivity contribution in [2.24, 2.45) is 0 Å². The predicted molar refractivity (Wildman–Crippen MR) is 145 cm³/mol. The van der Waals surface area contributed by atoms with Gasteiger partial charge in [0.05, 0.1) is 11.3 Å². The number of aliphatic hydroxyl groups is 1. The van der Waals surface area contributed by atoms with Crippen LogP contribution in [0.15, 0.2) is 65.1 Å². The normalized spacial score (nSPS) is 11.6. The largest absolute Gasteiger partial charge is 0.396 e. The highest BCUT2D eigenvalue weighted by Crippen LogP contribution is 2.36. The van der Waals surface area contributed by atoms with E-state index in [1.54, 1.807) is 31.3 Å². The second-order valence-corrected chi connectivity index (χ2v) is 9.50. The van der Waals surface area contributed by atoms with Gasteiger partial charge in [0.15, 0.2) is 5.13 Å². The number of nitrogen functional groups attached to an aromatic ring is 1. The zero-order valence-corrected chi connectivity index (χ0v) is 21.7. The number of nitrogens with two attached hydrogens (primary N) is 1. The third kappa shape index (κ3) is 7.24. The maximum atomic E-state index is 13.2. The van der Waals surface area contributed by atoms with Crippen molar-refractivity contribution in [1.29, 1.82) is 10.5 Å². The van der Waals surface area contributed by atoms with E-state index in [9.17, 15) is 14.9 Å². The molecule has 0 saturated carbocycles. The molecule has 3 heterocycles. The number of pyridine rings is 2. The van der Waals surface area contributed by atoms with Crippen molar-refractivity contribution >= 4 is 34.0 Å². The minimum Gasteiger partial charge on any atom is -0.396 e. The summed E-state index contributed by atoms with van der Waals surface area (Å²) in [6.07, 6.45) is 6.83. The molecule has 0 fully saturated rings. The minimum atomic E-state index is -0.437. The Morgan fingerprint density at radius 1 is 1.24 bits per heavy atom. The molecule has 0 aliphatic rings. The molecule has 3 aromatic heterocycles. The number of halogens is 1. The first-order valence-corrected chi connectivity index (χ1v) is 13.0. The summed E-state index contributed by atoms with van der Waals surface area (Å²) < 4.78 is 13.2. The Morgan fingerprint density at radius 2 is 2.03 bits per heavy atom. The number of aliphatic hydroxyl groups excluding tert-OH is 1. The van der Waals surface area contributed by atoms with Gasteiger partial charge in [0.1, 0.15) is 34.4 Å². The van der Waals surface area contributed by atoms with Crippen molar-refractivity contribution in [2.45, 2.75) is 30.5 Å². The number of nitrogens with zero attached hydrogens (tertiary/aromatic N) is 5. The van der Waals surface area contributed by atoms with Crippen LogP contribution < -0.4 is 11.1 Å². The zero-order chi connectivity index (χ0) is 26.8. The minimum absolute atomic E-state index is 0.0320. The SMILES string of the molecule is C=C/C(F)=C\C=C(/C)Nc1nc(CSc2nc(N)c(C#N)c(-c3ccc(CCCO)nc3)c2C#N)cs1. The Labute approximate surface area is 222 Å². The van der Waals surface area contributed by atoms with Gasteiger partial charge < -0.3 is 16.2 Å². The van der Waals surface area contributed by atoms with Gasteiger partial charge in [0, 0.05) is 46.5 Å². The molecular formula is C26H24FN7OS2. The van der Waals surface area contributed by atoms with Crippen molar-refractivity contribution in [3.63, 3.8) is 0 Å². The van der Waals surface area contributed by atoms with E-state index in [4.69, 9.17) is 10.8 Å². The smallest absolute Gasteiger partial charge is 0.187 e. The molecule has 0 atom stereocenters. The van der Waals surface area contributed by atoms with Crippen LogP contribution in [0.25, 0.3) is 11.1 Å². The molecule has 4 N–H and O–H groups in total. The lowest BCUT2D eigenvalue weighted by atomic mass is 9.98. The fraction of sp³-hybridized carbons (Fsp3) is 0.192. The molecule has 11 heteroatoms. The molecule has 0 aromatic carbocycles. The molecule has 0 saturated heterocycles. The molecule has 0 aliphatic heterocycles. The van der Waals surface area contributed by atoms with Crippen LogP contribution in [0.4, 0.5) is 15.3 Å². The van der Waals surface area contributed by atoms with E-state index in [-0.39, 0.29) is 23.6 Å². The molecule has 3 aromatic rings. The molecule has 8 nitrogen and oxygen atoms in total. The number of anilines is 2. The van der Waals surface area contributed by atoms with Gasteiger partial charge in [-0.25, -0.2) is 14.4 Å². The molecule has 0 amide bonds. The van der Waals surface area contributed by atoms with Crippen LogP contribution in [-0.4, -0.2) is 26.7 Å². The number of nitrogens with one attached hydrogen (secondary N) is 1. The molecule has 0 radical (unpaired) electrons. The topological polar surface area (TPSA) is 145 Å². The van der Waals surface area contributed by atoms with Gasteiger partial charge in [-0.3, -0.25) is 4.98 Å². The number of nitriles is 2. The molecule has 3 rings (SSSR count). The van der Waals surface area contributed by atoms with Crippen molar-refractivity contribution < 1.29 is 9.50 Å². The standard InChI is InChI=1S/C26H24FN7OS2/c1-3-18(27)8-6-16(2)32-26-33-20(15-37-26)14-36-25-22(12-29)23(21(11-28)24(30)34-25)17-7-9-19(31-13-17)5-4-10-35/h3,6-9,13,15,35H,1,4-5,10,14H2,2H3,(H2,30,34)(H,32,33)/b16-6+,18-8+. The quantitative estimate of drug-likeness (QED) is 0.215. The summed E-state index contributed by atoms with van der Waals surface area (Å²) in [4.78, 5) is 13.3. The second-order valence-electron chi connectivity index (χ2n) is 7.68. The van der Waals surface area contributed by atoms with Crippen LogP contribution in [0, 0.1) is 22.7 Å². The van der Waals surface area contributed by atoms with Gasteiger partial charge in [-0.15, -0.1) is 11.3 Å². The van der Waals surface area contributed by atoms with E-state index < -0.39 is 5.83 Å². The summed E-state index contributed by atoms with van der Waals surface area (Å²) in [6.45, 7) is 5.23. The van der Waals surface area contributed by atoms with E-state index in [2.05, 4.69) is 39.0 Å². The Balaban J connectivity index is 1.84. The first-order valence-electron chi connectivity index (χ1n) is 11.1. The van der Waals surface area contributed by atoms with Gasteiger partial charge in [-0.2, -0.15) is 10.5 Å². The number of rotatable bonds is 11. The highest BCUT2D eigenvalue weighted by atomic mass is 32.2. The number of allylic oxidation sites excluding steroid dienone is 5. The Kier molecular flexibility index (Phi) is 9.92. The predicted octanol–water partition coefficient (Wildman–Crippen LogP) is 5.50. The van der Waals surface area contributed by atoms with Gasteiger partial charge in [0.2, 0.25) is 0 Å². The van der Waals surface area contributed by atoms with E-state index in [1.807, 2.05) is 5.38 Å². The van der Waals surface area contributed by atoms with Crippen LogP contribution in [0.5, 0.6) is 0 Å². The van der Waals surface area contributed by atoms with Crippen molar-refractivity contribution in [3.8, 4) is 23.3 Å². The van der Waals surface area contributed by atoms with E-state index in [0.717, 1.165) is 17.5 Å². The highest BCUT2D eigenvalue weighted by molar-refractivity contribution is 7.98. The number of hydrogen-bond acceptors (Lipinski definition) is 10. The average Bonchev–Trinajstić information content (AvgIpc) is 3.36. The lowest BCUT2D eigenvalue weighted by molar-refractivity contribution is 0.288. The van der Waals surface area contributed by atoms with E-state index >= 15 is 0 Å². The highest BCUT2D eigenvalue weighted by Gasteiger charge is 2.21. The van der Waals surface area contributed by atoms with Crippen LogP contribution in [0.2, 0.25) is 0 Å². The summed E-state index contributed by atoms with van der Waals surface area (Å²) >= 11 is 2.68. The monoisotopic (exact) mass is 533 g/mol. The summed E-state index contributed by atoms with van der Waals surface area (Å²) in [7, 11) is 0. The van der Waals surface area contributed by atoms with Gasteiger partial charge in [-0.05, 0) is 44.1 Å². The van der Waals surface area contributed by atoms with Crippen LogP contribution >= 0.6 is 23.1 Å². The van der Waals surface area contributed by atoms with Crippen LogP contribution in [0.3, 0.4) is 0 Å². The fourth-order valence-electron chi connectivity index (χ4n) is 3.23. The Bertz CT molecular complexity index is 1420. The van der Waals surface area contributed by atoms with Gasteiger partial charge in [-0.1, -0.05) is 24.4 Å². The third-order valence-electron chi connectivity index (χ3n) is 5.02. The molecule has 0 aliphatic carbocycles. The number of aryl methyl sites for hydroxylation is 1. The van der Waals surface area contributed by atoms with Crippen molar-refractivity contribution in [2.75, 3.05) is 17.7 Å². The second kappa shape index (κ2) is 13.3. The van der Waals surface area contributed by atoms with Gasteiger partial charge >= 0.3 is 0 Å². The number of thioether (sulfide) groups is 1. The Morgan fingerprint density at radius 3 is 2.68 bits per heavy atom. The summed E-state index contributed by atoms with van der Waals surface area (Å²) in [5.74, 6) is 0.00808. The summed E-state index contributed by atoms with van der Waals surface area (Å²) in [5, 5.41) is 34.7. The molecule has 0 spiro atoms. The average molecular weight is 534 g/mol. The molecule has 0 unspecified atom stereocenters. The van der Waals surface area contributed by atoms with Crippen LogP contribution in [-0.2, 0) is 12.2 Å². The number of aromatic nitrogens is 3. The third-order valence-corrected chi connectivity index (χ3v) is 6.84. The first-order chi connectivity index (χ1) is 17.9. The molecule has 37 heavy (non-hydrogen) atoms. The Hall–Kier alpha value is -4.03. The zero-order valence-electron chi connectivity index (χ0n) is 20.0. The summed E-state index contributed by atoms with van der Waals surface area (Å²) in [5.41, 5.74) is 9.70. The molecule has 188 valence electrons. The van der Waals surface area contributed by atoms with Crippen molar-refractivity contribution in [1.82, 2.24) is 15.0 Å². The maximum absolute atomic E-state index is 13.2. The van der Waals surface area contributed by atoms with Gasteiger partial charge in [0.25, 0.3) is 0 Å². The lowest BCUT2D eigenvalue weighted by Crippen LogP contribution is -2.04. The van der Waals surface area contributed by atoms with Crippen molar-refractivity contribution in [3.05, 3.63) is 82.6 Å². The first kappa shape index (κ1) is 27.6.